The van der Waals surface area contributed by atoms with Gasteiger partial charge in [0.05, 0.1) is 23.4 Å². The number of halogens is 2. The summed E-state index contributed by atoms with van der Waals surface area (Å²) in [5, 5.41) is 0.589. The van der Waals surface area contributed by atoms with Crippen LogP contribution in [0.5, 0.6) is 5.75 Å². The zero-order chi connectivity index (χ0) is 18.7. The van der Waals surface area contributed by atoms with E-state index in [0.717, 1.165) is 0 Å². The first-order valence-corrected chi connectivity index (χ1v) is 8.65. The van der Waals surface area contributed by atoms with Gasteiger partial charge in [-0.1, -0.05) is 23.2 Å². The molecule has 26 heavy (non-hydrogen) atoms. The summed E-state index contributed by atoms with van der Waals surface area (Å²) in [5.41, 5.74) is 0.516. The monoisotopic (exact) mass is 394 g/mol. The van der Waals surface area contributed by atoms with Gasteiger partial charge < -0.3 is 14.5 Å². The molecule has 3 rings (SSSR count). The van der Waals surface area contributed by atoms with Crippen LogP contribution in [0, 0.1) is 0 Å². The number of hydrogen-bond acceptors (Lipinski definition) is 5. The summed E-state index contributed by atoms with van der Waals surface area (Å²) in [4.78, 5) is 36.5. The van der Waals surface area contributed by atoms with E-state index in [2.05, 4.69) is 9.97 Å². The first-order valence-electron chi connectivity index (χ1n) is 7.89. The Morgan fingerprint density at radius 1 is 1.00 bits per heavy atom. The second-order valence-corrected chi connectivity index (χ2v) is 6.43. The van der Waals surface area contributed by atoms with Gasteiger partial charge in [-0.25, -0.2) is 4.98 Å². The summed E-state index contributed by atoms with van der Waals surface area (Å²) in [5.74, 6) is -0.230. The van der Waals surface area contributed by atoms with Gasteiger partial charge in [-0.2, -0.15) is 0 Å². The highest BCUT2D eigenvalue weighted by Crippen LogP contribution is 2.34. The molecule has 1 aromatic carbocycles. The highest BCUT2D eigenvalue weighted by Gasteiger charge is 2.29. The summed E-state index contributed by atoms with van der Waals surface area (Å²) in [6.07, 6.45) is 4.41. The molecule has 9 heteroatoms. The number of amides is 2. The number of carbonyl (C=O) groups excluding carboxylic acids is 2. The van der Waals surface area contributed by atoms with Gasteiger partial charge >= 0.3 is 0 Å². The van der Waals surface area contributed by atoms with Crippen molar-refractivity contribution in [3.63, 3.8) is 0 Å². The third-order valence-electron chi connectivity index (χ3n) is 4.11. The summed E-state index contributed by atoms with van der Waals surface area (Å²) in [6.45, 7) is 1.52. The average molecular weight is 395 g/mol. The lowest BCUT2D eigenvalue weighted by atomic mass is 10.1. The van der Waals surface area contributed by atoms with Crippen LogP contribution in [0.15, 0.2) is 30.7 Å². The largest absolute Gasteiger partial charge is 0.494 e. The Kier molecular flexibility index (Phi) is 5.58. The van der Waals surface area contributed by atoms with Gasteiger partial charge in [0.25, 0.3) is 11.8 Å². The number of methoxy groups -OCH3 is 1. The lowest BCUT2D eigenvalue weighted by molar-refractivity contribution is 0.0530. The van der Waals surface area contributed by atoms with Gasteiger partial charge in [-0.15, -0.1) is 0 Å². The van der Waals surface area contributed by atoms with Crippen molar-refractivity contribution in [1.29, 1.82) is 0 Å². The third-order valence-corrected chi connectivity index (χ3v) is 4.73. The quantitative estimate of drug-likeness (QED) is 0.798. The molecule has 0 spiro atoms. The Balaban J connectivity index is 1.72. The molecule has 0 unspecified atom stereocenters. The van der Waals surface area contributed by atoms with E-state index in [1.807, 2.05) is 0 Å². The molecule has 136 valence electrons. The predicted molar refractivity (Wildman–Crippen MR) is 96.9 cm³/mol. The number of ether oxygens (including phenoxy) is 1. The predicted octanol–water partition coefficient (Wildman–Crippen LogP) is 2.39. The normalized spacial score (nSPS) is 14.3. The minimum Gasteiger partial charge on any atom is -0.494 e. The van der Waals surface area contributed by atoms with Gasteiger partial charge in [0, 0.05) is 38.6 Å². The van der Waals surface area contributed by atoms with Crippen LogP contribution in [-0.4, -0.2) is 64.9 Å². The van der Waals surface area contributed by atoms with Crippen molar-refractivity contribution in [2.24, 2.45) is 0 Å². The molecular formula is C17H16Cl2N4O3. The summed E-state index contributed by atoms with van der Waals surface area (Å²) in [6, 6.07) is 3.14. The lowest BCUT2D eigenvalue weighted by Crippen LogP contribution is -2.50. The Bertz CT molecular complexity index is 824. The smallest absolute Gasteiger partial charge is 0.274 e. The number of rotatable bonds is 3. The molecule has 1 aliphatic heterocycles. The van der Waals surface area contributed by atoms with Crippen LogP contribution in [0.4, 0.5) is 0 Å². The minimum absolute atomic E-state index is 0.205. The van der Waals surface area contributed by atoms with E-state index >= 15 is 0 Å². The second-order valence-electron chi connectivity index (χ2n) is 5.61. The minimum atomic E-state index is -0.277. The molecule has 0 aliphatic carbocycles. The zero-order valence-corrected chi connectivity index (χ0v) is 15.5. The number of piperazine rings is 1. The average Bonchev–Trinajstić information content (AvgIpc) is 2.69. The van der Waals surface area contributed by atoms with Crippen LogP contribution in [0.3, 0.4) is 0 Å². The Labute approximate surface area is 160 Å². The van der Waals surface area contributed by atoms with Crippen molar-refractivity contribution < 1.29 is 14.3 Å². The maximum atomic E-state index is 12.9. The van der Waals surface area contributed by atoms with Crippen molar-refractivity contribution in [2.75, 3.05) is 33.3 Å². The number of benzene rings is 1. The first-order chi connectivity index (χ1) is 12.5. The summed E-state index contributed by atoms with van der Waals surface area (Å²) >= 11 is 12.3. The van der Waals surface area contributed by atoms with E-state index in [-0.39, 0.29) is 33.8 Å². The summed E-state index contributed by atoms with van der Waals surface area (Å²) in [7, 11) is 1.44. The van der Waals surface area contributed by atoms with Crippen molar-refractivity contribution in [3.05, 3.63) is 52.0 Å². The molecule has 7 nitrogen and oxygen atoms in total. The molecular weight excluding hydrogens is 379 g/mol. The lowest BCUT2D eigenvalue weighted by Gasteiger charge is -2.35. The molecule has 0 bridgehead atoms. The van der Waals surface area contributed by atoms with Crippen molar-refractivity contribution in [2.45, 2.75) is 0 Å². The Morgan fingerprint density at radius 3 is 2.19 bits per heavy atom. The highest BCUT2D eigenvalue weighted by molar-refractivity contribution is 6.37. The molecule has 2 aromatic rings. The van der Waals surface area contributed by atoms with Crippen molar-refractivity contribution >= 4 is 35.0 Å². The SMILES string of the molecule is COc1c(Cl)ccc(Cl)c1C(=O)N1CCN(C(=O)c2cnccn2)CC1. The molecule has 0 N–H and O–H groups in total. The van der Waals surface area contributed by atoms with E-state index in [4.69, 9.17) is 27.9 Å². The fourth-order valence-corrected chi connectivity index (χ4v) is 3.24. The first kappa shape index (κ1) is 18.4. The van der Waals surface area contributed by atoms with Gasteiger partial charge in [0.2, 0.25) is 0 Å². The van der Waals surface area contributed by atoms with Crippen LogP contribution >= 0.6 is 23.2 Å². The van der Waals surface area contributed by atoms with E-state index in [0.29, 0.717) is 31.2 Å². The van der Waals surface area contributed by atoms with Gasteiger partial charge in [-0.3, -0.25) is 14.6 Å². The van der Waals surface area contributed by atoms with E-state index in [1.165, 1.54) is 25.7 Å². The highest BCUT2D eigenvalue weighted by atomic mass is 35.5. The molecule has 1 fully saturated rings. The fraction of sp³-hybridized carbons (Fsp3) is 0.294. The standard InChI is InChI=1S/C17H16Cl2N4O3/c1-26-15-12(19)3-2-11(18)14(15)17(25)23-8-6-22(7-9-23)16(24)13-10-20-4-5-21-13/h2-5,10H,6-9H2,1H3. The van der Waals surface area contributed by atoms with E-state index in [1.54, 1.807) is 21.9 Å². The molecule has 1 aliphatic rings. The molecule has 0 radical (unpaired) electrons. The van der Waals surface area contributed by atoms with Crippen LogP contribution in [0.2, 0.25) is 10.0 Å². The maximum Gasteiger partial charge on any atom is 0.274 e. The maximum absolute atomic E-state index is 12.9. The number of aromatic nitrogens is 2. The molecule has 2 amide bonds. The number of hydrogen-bond donors (Lipinski definition) is 0. The summed E-state index contributed by atoms with van der Waals surface area (Å²) < 4.78 is 5.24. The third kappa shape index (κ3) is 3.59. The Hall–Kier alpha value is -2.38. The number of nitrogens with zero attached hydrogens (tertiary/aromatic N) is 4. The van der Waals surface area contributed by atoms with E-state index in [9.17, 15) is 9.59 Å². The van der Waals surface area contributed by atoms with Crippen LogP contribution in [0.25, 0.3) is 0 Å². The van der Waals surface area contributed by atoms with Gasteiger partial charge in [-0.05, 0) is 12.1 Å². The Morgan fingerprint density at radius 2 is 1.62 bits per heavy atom. The molecule has 0 atom stereocenters. The molecule has 1 aromatic heterocycles. The van der Waals surface area contributed by atoms with Crippen LogP contribution < -0.4 is 4.74 Å². The van der Waals surface area contributed by atoms with Crippen LogP contribution in [-0.2, 0) is 0 Å². The number of carbonyl (C=O) groups is 2. The fourth-order valence-electron chi connectivity index (χ4n) is 2.77. The van der Waals surface area contributed by atoms with Crippen molar-refractivity contribution in [1.82, 2.24) is 19.8 Å². The van der Waals surface area contributed by atoms with Crippen LogP contribution in [0.1, 0.15) is 20.8 Å². The molecule has 0 saturated carbocycles. The molecule has 2 heterocycles. The molecule has 1 saturated heterocycles. The topological polar surface area (TPSA) is 75.6 Å². The van der Waals surface area contributed by atoms with Gasteiger partial charge in [0.15, 0.2) is 5.75 Å². The zero-order valence-electron chi connectivity index (χ0n) is 14.0. The van der Waals surface area contributed by atoms with Gasteiger partial charge in [0.1, 0.15) is 11.3 Å². The van der Waals surface area contributed by atoms with Crippen molar-refractivity contribution in [3.8, 4) is 5.75 Å². The second kappa shape index (κ2) is 7.88. The van der Waals surface area contributed by atoms with E-state index < -0.39 is 0 Å².